The molecule has 0 unspecified atom stereocenters. The zero-order valence-corrected chi connectivity index (χ0v) is 8.44. The average Bonchev–Trinajstić information content (AvgIpc) is 2.23. The molecule has 0 aliphatic carbocycles. The van der Waals surface area contributed by atoms with Crippen LogP contribution in [0.15, 0.2) is 17.1 Å². The maximum atomic E-state index is 11.4. The van der Waals surface area contributed by atoms with Gasteiger partial charge in [0.05, 0.1) is 11.9 Å². The molecule has 1 aromatic heterocycles. The minimum absolute atomic E-state index is 0.0342. The van der Waals surface area contributed by atoms with E-state index in [0.717, 1.165) is 18.8 Å². The molecule has 14 heavy (non-hydrogen) atoms. The normalized spacial score (nSPS) is 17.1. The minimum Gasteiger partial charge on any atom is -0.370 e. The van der Waals surface area contributed by atoms with Crippen molar-refractivity contribution in [2.75, 3.05) is 18.0 Å². The first kappa shape index (κ1) is 9.24. The van der Waals surface area contributed by atoms with Crippen molar-refractivity contribution >= 4 is 5.69 Å². The lowest BCUT2D eigenvalue weighted by Gasteiger charge is -2.28. The summed E-state index contributed by atoms with van der Waals surface area (Å²) in [4.78, 5) is 13.6. The van der Waals surface area contributed by atoms with E-state index in [9.17, 15) is 4.79 Å². The highest BCUT2D eigenvalue weighted by molar-refractivity contribution is 5.42. The molecule has 1 saturated heterocycles. The van der Waals surface area contributed by atoms with Crippen LogP contribution in [-0.4, -0.2) is 22.9 Å². The van der Waals surface area contributed by atoms with Gasteiger partial charge in [0.1, 0.15) is 0 Å². The summed E-state index contributed by atoms with van der Waals surface area (Å²) in [5.41, 5.74) is 0.931. The van der Waals surface area contributed by atoms with Gasteiger partial charge in [-0.2, -0.15) is 5.10 Å². The first-order valence-corrected chi connectivity index (χ1v) is 5.06. The molecule has 0 aromatic carbocycles. The van der Waals surface area contributed by atoms with Crippen molar-refractivity contribution in [2.24, 2.45) is 7.05 Å². The quantitative estimate of drug-likeness (QED) is 0.661. The van der Waals surface area contributed by atoms with E-state index in [2.05, 4.69) is 10.00 Å². The second kappa shape index (κ2) is 3.82. The number of hydrogen-bond donors (Lipinski definition) is 0. The summed E-state index contributed by atoms with van der Waals surface area (Å²) in [7, 11) is 1.67. The zero-order valence-electron chi connectivity index (χ0n) is 8.44. The molecule has 0 atom stereocenters. The fourth-order valence-corrected chi connectivity index (χ4v) is 1.78. The molecule has 2 heterocycles. The first-order valence-electron chi connectivity index (χ1n) is 5.06. The van der Waals surface area contributed by atoms with E-state index in [4.69, 9.17) is 0 Å². The van der Waals surface area contributed by atoms with Crippen LogP contribution in [0.25, 0.3) is 0 Å². The summed E-state index contributed by atoms with van der Waals surface area (Å²) in [5.74, 6) is 0. The third-order valence-electron chi connectivity index (χ3n) is 2.67. The van der Waals surface area contributed by atoms with Crippen LogP contribution in [0, 0.1) is 0 Å². The minimum atomic E-state index is -0.0342. The summed E-state index contributed by atoms with van der Waals surface area (Å²) in [6, 6.07) is 1.66. The molecule has 1 aliphatic heterocycles. The predicted octanol–water partition coefficient (Wildman–Crippen LogP) is 0.771. The number of piperidine rings is 1. The van der Waals surface area contributed by atoms with Crippen molar-refractivity contribution < 1.29 is 0 Å². The molecule has 4 nitrogen and oxygen atoms in total. The molecule has 4 heteroatoms. The van der Waals surface area contributed by atoms with Crippen LogP contribution in [0.5, 0.6) is 0 Å². The van der Waals surface area contributed by atoms with Crippen LogP contribution >= 0.6 is 0 Å². The maximum absolute atomic E-state index is 11.4. The Hall–Kier alpha value is -1.32. The largest absolute Gasteiger partial charge is 0.370 e. The van der Waals surface area contributed by atoms with Crippen LogP contribution in [0.3, 0.4) is 0 Å². The van der Waals surface area contributed by atoms with E-state index in [1.165, 1.54) is 23.9 Å². The van der Waals surface area contributed by atoms with Crippen molar-refractivity contribution in [3.63, 3.8) is 0 Å². The Morgan fingerprint density at radius 2 is 2.00 bits per heavy atom. The van der Waals surface area contributed by atoms with Gasteiger partial charge < -0.3 is 4.90 Å². The average molecular weight is 193 g/mol. The van der Waals surface area contributed by atoms with Gasteiger partial charge in [-0.15, -0.1) is 0 Å². The highest BCUT2D eigenvalue weighted by Gasteiger charge is 2.11. The van der Waals surface area contributed by atoms with Crippen LogP contribution in [0.2, 0.25) is 0 Å². The van der Waals surface area contributed by atoms with Gasteiger partial charge in [-0.1, -0.05) is 0 Å². The van der Waals surface area contributed by atoms with E-state index in [-0.39, 0.29) is 5.56 Å². The van der Waals surface area contributed by atoms with Crippen LogP contribution < -0.4 is 10.5 Å². The Morgan fingerprint density at radius 3 is 2.64 bits per heavy atom. The van der Waals surface area contributed by atoms with Crippen LogP contribution in [0.4, 0.5) is 5.69 Å². The Bertz CT molecular complexity index is 366. The summed E-state index contributed by atoms with van der Waals surface area (Å²) in [6.45, 7) is 2.10. The lowest BCUT2D eigenvalue weighted by Crippen LogP contribution is -2.31. The number of aryl methyl sites for hydroxylation is 1. The molecule has 76 valence electrons. The Kier molecular flexibility index (Phi) is 2.52. The van der Waals surface area contributed by atoms with Crippen molar-refractivity contribution in [1.82, 2.24) is 9.78 Å². The van der Waals surface area contributed by atoms with Gasteiger partial charge in [0.25, 0.3) is 5.56 Å². The predicted molar refractivity (Wildman–Crippen MR) is 55.5 cm³/mol. The summed E-state index contributed by atoms with van der Waals surface area (Å²) in [5, 5.41) is 4.02. The van der Waals surface area contributed by atoms with E-state index in [1.807, 2.05) is 0 Å². The maximum Gasteiger partial charge on any atom is 0.268 e. The SMILES string of the molecule is Cn1ncc(N2CCCCC2)cc1=O. The van der Waals surface area contributed by atoms with Gasteiger partial charge in [0.15, 0.2) is 0 Å². The van der Waals surface area contributed by atoms with E-state index in [0.29, 0.717) is 0 Å². The van der Waals surface area contributed by atoms with Gasteiger partial charge in [-0.25, -0.2) is 4.68 Å². The standard InChI is InChI=1S/C10H15N3O/c1-12-10(14)7-9(8-11-12)13-5-3-2-4-6-13/h7-8H,2-6H2,1H3. The molecule has 2 rings (SSSR count). The third-order valence-corrected chi connectivity index (χ3v) is 2.67. The van der Waals surface area contributed by atoms with Gasteiger partial charge >= 0.3 is 0 Å². The lowest BCUT2D eigenvalue weighted by molar-refractivity contribution is 0.574. The first-order chi connectivity index (χ1) is 6.77. The van der Waals surface area contributed by atoms with Gasteiger partial charge in [-0.3, -0.25) is 4.79 Å². The molecule has 0 saturated carbocycles. The van der Waals surface area contributed by atoms with E-state index >= 15 is 0 Å². The van der Waals surface area contributed by atoms with E-state index in [1.54, 1.807) is 19.3 Å². The van der Waals surface area contributed by atoms with Crippen molar-refractivity contribution in [3.8, 4) is 0 Å². The summed E-state index contributed by atoms with van der Waals surface area (Å²) < 4.78 is 1.35. The number of rotatable bonds is 1. The molecule has 0 bridgehead atoms. The van der Waals surface area contributed by atoms with Crippen LogP contribution in [-0.2, 0) is 7.05 Å². The number of nitrogens with zero attached hydrogens (tertiary/aromatic N) is 3. The lowest BCUT2D eigenvalue weighted by atomic mass is 10.1. The Morgan fingerprint density at radius 1 is 1.29 bits per heavy atom. The number of aromatic nitrogens is 2. The van der Waals surface area contributed by atoms with Crippen molar-refractivity contribution in [2.45, 2.75) is 19.3 Å². The van der Waals surface area contributed by atoms with Crippen LogP contribution in [0.1, 0.15) is 19.3 Å². The van der Waals surface area contributed by atoms with Crippen molar-refractivity contribution in [1.29, 1.82) is 0 Å². The fourth-order valence-electron chi connectivity index (χ4n) is 1.78. The molecule has 1 aliphatic rings. The zero-order chi connectivity index (χ0) is 9.97. The second-order valence-corrected chi connectivity index (χ2v) is 3.72. The fraction of sp³-hybridized carbons (Fsp3) is 0.600. The van der Waals surface area contributed by atoms with E-state index < -0.39 is 0 Å². The molecule has 1 aromatic rings. The molecule has 0 amide bonds. The summed E-state index contributed by atoms with van der Waals surface area (Å²) >= 11 is 0. The second-order valence-electron chi connectivity index (χ2n) is 3.72. The topological polar surface area (TPSA) is 38.1 Å². The molecule has 0 spiro atoms. The van der Waals surface area contributed by atoms with Crippen molar-refractivity contribution in [3.05, 3.63) is 22.6 Å². The number of anilines is 1. The third kappa shape index (κ3) is 1.78. The van der Waals surface area contributed by atoms with Gasteiger partial charge in [0.2, 0.25) is 0 Å². The molecular formula is C10H15N3O. The highest BCUT2D eigenvalue weighted by atomic mass is 16.1. The summed E-state index contributed by atoms with van der Waals surface area (Å²) in [6.07, 6.45) is 5.51. The molecule has 0 radical (unpaired) electrons. The Labute approximate surface area is 83.2 Å². The monoisotopic (exact) mass is 193 g/mol. The van der Waals surface area contributed by atoms with Gasteiger partial charge in [-0.05, 0) is 19.3 Å². The molecule has 1 fully saturated rings. The molecular weight excluding hydrogens is 178 g/mol. The highest BCUT2D eigenvalue weighted by Crippen LogP contribution is 2.16. The van der Waals surface area contributed by atoms with Gasteiger partial charge in [0, 0.05) is 26.2 Å². The Balaban J connectivity index is 2.23. The number of hydrogen-bond acceptors (Lipinski definition) is 3. The molecule has 0 N–H and O–H groups in total. The smallest absolute Gasteiger partial charge is 0.268 e.